The molecular weight excluding hydrogens is 256 g/mol. The Morgan fingerprint density at radius 1 is 1.25 bits per heavy atom. The molecule has 0 spiro atoms. The molecule has 0 aliphatic carbocycles. The molecule has 1 unspecified atom stereocenters. The smallest absolute Gasteiger partial charge is 0.338 e. The van der Waals surface area contributed by atoms with Gasteiger partial charge in [-0.3, -0.25) is 4.79 Å². The predicted molar refractivity (Wildman–Crippen MR) is 76.3 cm³/mol. The number of ether oxygens (including phenoxy) is 2. The summed E-state index contributed by atoms with van der Waals surface area (Å²) in [6.45, 7) is 3.61. The molecule has 4 nitrogen and oxygen atoms in total. The number of rotatable bonds is 7. The van der Waals surface area contributed by atoms with E-state index in [1.54, 1.807) is 24.3 Å². The van der Waals surface area contributed by atoms with Gasteiger partial charge in [0.15, 0.2) is 0 Å². The number of allylic oxidation sites excluding steroid dienone is 1. The lowest BCUT2D eigenvalue weighted by Gasteiger charge is -2.09. The molecule has 1 atom stereocenters. The second kappa shape index (κ2) is 8.91. The van der Waals surface area contributed by atoms with Crippen molar-refractivity contribution in [3.05, 3.63) is 48.0 Å². The first-order chi connectivity index (χ1) is 9.59. The normalized spacial score (nSPS) is 12.1. The number of esters is 2. The maximum absolute atomic E-state index is 11.8. The third-order valence-electron chi connectivity index (χ3n) is 2.53. The molecule has 4 heteroatoms. The lowest BCUT2D eigenvalue weighted by molar-refractivity contribution is -0.141. The van der Waals surface area contributed by atoms with Crippen molar-refractivity contribution in [2.45, 2.75) is 32.8 Å². The van der Waals surface area contributed by atoms with E-state index in [1.807, 2.05) is 25.1 Å². The third kappa shape index (κ3) is 6.73. The Bertz CT molecular complexity index is 451. The minimum atomic E-state index is -0.331. The molecule has 1 aromatic carbocycles. The standard InChI is InChI=1S/C16H20O4/c1-13(9-5-4-8-12-19-14(2)17)20-16(18)15-10-6-3-7-11-15/h3,5-7,9-11,13H,4,8,12H2,1-2H3/b9-5+. The zero-order chi connectivity index (χ0) is 14.8. The molecule has 20 heavy (non-hydrogen) atoms. The van der Waals surface area contributed by atoms with Gasteiger partial charge in [0, 0.05) is 6.92 Å². The van der Waals surface area contributed by atoms with Crippen LogP contribution in [0.25, 0.3) is 0 Å². The first kappa shape index (κ1) is 16.0. The number of hydrogen-bond donors (Lipinski definition) is 0. The fourth-order valence-corrected chi connectivity index (χ4v) is 1.56. The maximum atomic E-state index is 11.8. The lowest BCUT2D eigenvalue weighted by Crippen LogP contribution is -2.12. The van der Waals surface area contributed by atoms with Crippen molar-refractivity contribution in [1.82, 2.24) is 0 Å². The molecule has 0 radical (unpaired) electrons. The summed E-state index contributed by atoms with van der Waals surface area (Å²) in [5.41, 5.74) is 0.544. The second-order valence-corrected chi connectivity index (χ2v) is 4.39. The van der Waals surface area contributed by atoms with Crippen LogP contribution >= 0.6 is 0 Å². The monoisotopic (exact) mass is 276 g/mol. The fraction of sp³-hybridized carbons (Fsp3) is 0.375. The third-order valence-corrected chi connectivity index (χ3v) is 2.53. The number of benzene rings is 1. The number of carbonyl (C=O) groups excluding carboxylic acids is 2. The molecule has 0 bridgehead atoms. The van der Waals surface area contributed by atoms with E-state index >= 15 is 0 Å². The Morgan fingerprint density at radius 2 is 1.95 bits per heavy atom. The average Bonchev–Trinajstić information content (AvgIpc) is 2.43. The number of unbranched alkanes of at least 4 members (excludes halogenated alkanes) is 1. The van der Waals surface area contributed by atoms with Crippen LogP contribution in [0.3, 0.4) is 0 Å². The highest BCUT2D eigenvalue weighted by Gasteiger charge is 2.08. The first-order valence-corrected chi connectivity index (χ1v) is 6.65. The van der Waals surface area contributed by atoms with Crippen LogP contribution < -0.4 is 0 Å². The molecule has 0 aliphatic heterocycles. The van der Waals surface area contributed by atoms with Gasteiger partial charge in [-0.25, -0.2) is 4.79 Å². The van der Waals surface area contributed by atoms with Gasteiger partial charge in [-0.05, 0) is 38.0 Å². The van der Waals surface area contributed by atoms with E-state index in [4.69, 9.17) is 9.47 Å². The minimum Gasteiger partial charge on any atom is -0.466 e. The Labute approximate surface area is 119 Å². The van der Waals surface area contributed by atoms with Gasteiger partial charge in [-0.2, -0.15) is 0 Å². The Balaban J connectivity index is 2.24. The van der Waals surface area contributed by atoms with E-state index in [9.17, 15) is 9.59 Å². The highest BCUT2D eigenvalue weighted by atomic mass is 16.5. The summed E-state index contributed by atoms with van der Waals surface area (Å²) in [6, 6.07) is 8.89. The van der Waals surface area contributed by atoms with Gasteiger partial charge >= 0.3 is 11.9 Å². The molecule has 0 saturated heterocycles. The maximum Gasteiger partial charge on any atom is 0.338 e. The van der Waals surface area contributed by atoms with Gasteiger partial charge in [-0.1, -0.05) is 24.3 Å². The van der Waals surface area contributed by atoms with Crippen molar-refractivity contribution in [3.63, 3.8) is 0 Å². The average molecular weight is 276 g/mol. The number of carbonyl (C=O) groups is 2. The topological polar surface area (TPSA) is 52.6 Å². The molecule has 1 rings (SSSR count). The molecule has 1 aromatic rings. The van der Waals surface area contributed by atoms with E-state index in [0.717, 1.165) is 12.8 Å². The van der Waals surface area contributed by atoms with Gasteiger partial charge < -0.3 is 9.47 Å². The summed E-state index contributed by atoms with van der Waals surface area (Å²) in [4.78, 5) is 22.3. The van der Waals surface area contributed by atoms with Gasteiger partial charge in [0.2, 0.25) is 0 Å². The highest BCUT2D eigenvalue weighted by molar-refractivity contribution is 5.89. The van der Waals surface area contributed by atoms with E-state index < -0.39 is 0 Å². The highest BCUT2D eigenvalue weighted by Crippen LogP contribution is 2.05. The Kier molecular flexibility index (Phi) is 7.11. The van der Waals surface area contributed by atoms with Crippen LogP contribution in [0.1, 0.15) is 37.0 Å². The van der Waals surface area contributed by atoms with Gasteiger partial charge in [-0.15, -0.1) is 0 Å². The van der Waals surface area contributed by atoms with E-state index in [0.29, 0.717) is 12.2 Å². The van der Waals surface area contributed by atoms with Crippen LogP contribution in [0, 0.1) is 0 Å². The second-order valence-electron chi connectivity index (χ2n) is 4.39. The predicted octanol–water partition coefficient (Wildman–Crippen LogP) is 3.13. The molecule has 0 saturated carbocycles. The number of hydrogen-bond acceptors (Lipinski definition) is 4. The summed E-state index contributed by atoms with van der Waals surface area (Å²) in [5, 5.41) is 0. The SMILES string of the molecule is CC(=O)OCCC/C=C/C(C)OC(=O)c1ccccc1. The van der Waals surface area contributed by atoms with Gasteiger partial charge in [0.25, 0.3) is 0 Å². The minimum absolute atomic E-state index is 0.265. The fourth-order valence-electron chi connectivity index (χ4n) is 1.56. The summed E-state index contributed by atoms with van der Waals surface area (Å²) >= 11 is 0. The molecule has 0 N–H and O–H groups in total. The molecule has 0 aromatic heterocycles. The van der Waals surface area contributed by atoms with Crippen molar-refractivity contribution in [3.8, 4) is 0 Å². The Hall–Kier alpha value is -2.10. The van der Waals surface area contributed by atoms with E-state index in [2.05, 4.69) is 0 Å². The molecule has 0 amide bonds. The lowest BCUT2D eigenvalue weighted by atomic mass is 10.2. The molecule has 0 heterocycles. The molecular formula is C16H20O4. The van der Waals surface area contributed by atoms with Crippen LogP contribution in [-0.4, -0.2) is 24.6 Å². The van der Waals surface area contributed by atoms with Crippen molar-refractivity contribution >= 4 is 11.9 Å². The summed E-state index contributed by atoms with van der Waals surface area (Å²) < 4.78 is 10.1. The van der Waals surface area contributed by atoms with Crippen molar-refractivity contribution in [2.75, 3.05) is 6.61 Å². The zero-order valence-corrected chi connectivity index (χ0v) is 11.9. The zero-order valence-electron chi connectivity index (χ0n) is 11.9. The molecule has 0 aliphatic rings. The van der Waals surface area contributed by atoms with Crippen molar-refractivity contribution in [1.29, 1.82) is 0 Å². The van der Waals surface area contributed by atoms with E-state index in [1.165, 1.54) is 6.92 Å². The van der Waals surface area contributed by atoms with Crippen molar-refractivity contribution in [2.24, 2.45) is 0 Å². The first-order valence-electron chi connectivity index (χ1n) is 6.65. The summed E-state index contributed by atoms with van der Waals surface area (Å²) in [6.07, 6.45) is 5.01. The van der Waals surface area contributed by atoms with Crippen LogP contribution in [0.5, 0.6) is 0 Å². The summed E-state index contributed by atoms with van der Waals surface area (Å²) in [7, 11) is 0. The molecule has 0 fully saturated rings. The van der Waals surface area contributed by atoms with Crippen LogP contribution in [0.2, 0.25) is 0 Å². The van der Waals surface area contributed by atoms with Crippen LogP contribution in [-0.2, 0) is 14.3 Å². The van der Waals surface area contributed by atoms with Crippen LogP contribution in [0.15, 0.2) is 42.5 Å². The Morgan fingerprint density at radius 3 is 2.60 bits per heavy atom. The van der Waals surface area contributed by atoms with Crippen LogP contribution in [0.4, 0.5) is 0 Å². The van der Waals surface area contributed by atoms with E-state index in [-0.39, 0.29) is 18.0 Å². The quantitative estimate of drug-likeness (QED) is 0.436. The van der Waals surface area contributed by atoms with Crippen molar-refractivity contribution < 1.29 is 19.1 Å². The largest absolute Gasteiger partial charge is 0.466 e. The molecule has 108 valence electrons. The van der Waals surface area contributed by atoms with Gasteiger partial charge in [0.05, 0.1) is 12.2 Å². The summed E-state index contributed by atoms with van der Waals surface area (Å²) in [5.74, 6) is -0.596. The van der Waals surface area contributed by atoms with Gasteiger partial charge in [0.1, 0.15) is 6.10 Å².